The van der Waals surface area contributed by atoms with Gasteiger partial charge in [-0.15, -0.1) is 11.3 Å². The molecule has 0 spiro atoms. The van der Waals surface area contributed by atoms with Gasteiger partial charge in [-0.1, -0.05) is 11.8 Å². The predicted molar refractivity (Wildman–Crippen MR) is 125 cm³/mol. The van der Waals surface area contributed by atoms with Crippen molar-refractivity contribution in [1.82, 2.24) is 14.1 Å². The second kappa shape index (κ2) is 9.06. The summed E-state index contributed by atoms with van der Waals surface area (Å²) < 4.78 is 9.50. The maximum absolute atomic E-state index is 12.8. The van der Waals surface area contributed by atoms with E-state index in [1.807, 2.05) is 36.8 Å². The molecule has 0 aliphatic heterocycles. The van der Waals surface area contributed by atoms with Crippen LogP contribution in [0.1, 0.15) is 29.5 Å². The van der Waals surface area contributed by atoms with Crippen LogP contribution in [-0.2, 0) is 17.9 Å². The number of amides is 1. The highest BCUT2D eigenvalue weighted by atomic mass is 32.2. The van der Waals surface area contributed by atoms with Gasteiger partial charge < -0.3 is 14.3 Å². The topological polar surface area (TPSA) is 106 Å². The molecule has 4 rings (SSSR count). The summed E-state index contributed by atoms with van der Waals surface area (Å²) in [6.07, 6.45) is 1.59. The van der Waals surface area contributed by atoms with Crippen LogP contribution >= 0.6 is 23.1 Å². The molecule has 0 atom stereocenters. The molecule has 4 aromatic heterocycles. The summed E-state index contributed by atoms with van der Waals surface area (Å²) in [4.78, 5) is 30.1. The Bertz CT molecular complexity index is 1390. The zero-order valence-electron chi connectivity index (χ0n) is 17.8. The zero-order chi connectivity index (χ0) is 22.8. The first-order valence-electron chi connectivity index (χ1n) is 9.97. The van der Waals surface area contributed by atoms with Crippen LogP contribution in [0.5, 0.6) is 0 Å². The number of aromatic nitrogens is 3. The number of nitriles is 1. The van der Waals surface area contributed by atoms with Crippen molar-refractivity contribution in [1.29, 1.82) is 5.26 Å². The van der Waals surface area contributed by atoms with Gasteiger partial charge in [-0.25, -0.2) is 4.98 Å². The van der Waals surface area contributed by atoms with E-state index in [9.17, 15) is 14.9 Å². The lowest BCUT2D eigenvalue weighted by molar-refractivity contribution is -0.113. The van der Waals surface area contributed by atoms with Gasteiger partial charge >= 0.3 is 0 Å². The third-order valence-electron chi connectivity index (χ3n) is 5.27. The molecule has 0 fully saturated rings. The van der Waals surface area contributed by atoms with Crippen LogP contribution in [0.15, 0.2) is 44.2 Å². The van der Waals surface area contributed by atoms with E-state index >= 15 is 0 Å². The van der Waals surface area contributed by atoms with Crippen molar-refractivity contribution >= 4 is 45.0 Å². The van der Waals surface area contributed by atoms with Crippen molar-refractivity contribution in [3.05, 3.63) is 62.8 Å². The van der Waals surface area contributed by atoms with Gasteiger partial charge in [-0.3, -0.25) is 14.2 Å². The van der Waals surface area contributed by atoms with E-state index in [4.69, 9.17) is 4.42 Å². The number of hydrogen-bond donors (Lipinski definition) is 1. The summed E-state index contributed by atoms with van der Waals surface area (Å²) in [5.74, 6) is 0.931. The fraction of sp³-hybridized carbons (Fsp3) is 0.273. The summed E-state index contributed by atoms with van der Waals surface area (Å²) in [7, 11) is 0. The lowest BCUT2D eigenvalue weighted by Crippen LogP contribution is -2.23. The fourth-order valence-corrected chi connectivity index (χ4v) is 5.14. The predicted octanol–water partition coefficient (Wildman–Crippen LogP) is 4.14. The Balaban J connectivity index is 1.58. The molecule has 4 heterocycles. The van der Waals surface area contributed by atoms with Crippen LogP contribution < -0.4 is 10.9 Å². The molecule has 0 unspecified atom stereocenters. The Labute approximate surface area is 192 Å². The molecule has 10 heteroatoms. The summed E-state index contributed by atoms with van der Waals surface area (Å²) in [6.45, 7) is 6.50. The molecular weight excluding hydrogens is 446 g/mol. The van der Waals surface area contributed by atoms with Gasteiger partial charge in [-0.2, -0.15) is 5.26 Å². The largest absolute Gasteiger partial charge is 0.467 e. The number of thiophene rings is 1. The van der Waals surface area contributed by atoms with Gasteiger partial charge in [-0.05, 0) is 49.9 Å². The average Bonchev–Trinajstić information content (AvgIpc) is 3.51. The van der Waals surface area contributed by atoms with E-state index in [1.165, 1.54) is 23.1 Å². The summed E-state index contributed by atoms with van der Waals surface area (Å²) in [5, 5.41) is 14.9. The van der Waals surface area contributed by atoms with Crippen LogP contribution in [0.2, 0.25) is 0 Å². The molecule has 0 aliphatic carbocycles. The Morgan fingerprint density at radius 2 is 2.16 bits per heavy atom. The average molecular weight is 468 g/mol. The SMILES string of the molecule is CCn1c(SCC(=O)Nc2c(C#N)c(C)c(C)n2Cc2ccco2)nc2ccsc2c1=O. The van der Waals surface area contributed by atoms with Gasteiger partial charge in [0.05, 0.1) is 29.6 Å². The lowest BCUT2D eigenvalue weighted by Gasteiger charge is -2.13. The van der Waals surface area contributed by atoms with Gasteiger partial charge in [0.15, 0.2) is 5.16 Å². The van der Waals surface area contributed by atoms with Gasteiger partial charge in [0.25, 0.3) is 5.56 Å². The first-order valence-corrected chi connectivity index (χ1v) is 11.8. The van der Waals surface area contributed by atoms with Crippen molar-refractivity contribution in [3.63, 3.8) is 0 Å². The number of carbonyl (C=O) groups excluding carboxylic acids is 1. The smallest absolute Gasteiger partial charge is 0.272 e. The zero-order valence-corrected chi connectivity index (χ0v) is 19.5. The normalized spacial score (nSPS) is 11.1. The van der Waals surface area contributed by atoms with Crippen molar-refractivity contribution < 1.29 is 9.21 Å². The highest BCUT2D eigenvalue weighted by Gasteiger charge is 2.21. The van der Waals surface area contributed by atoms with Crippen molar-refractivity contribution in [3.8, 4) is 6.07 Å². The summed E-state index contributed by atoms with van der Waals surface area (Å²) in [5.41, 5.74) is 2.66. The summed E-state index contributed by atoms with van der Waals surface area (Å²) >= 11 is 2.56. The van der Waals surface area contributed by atoms with E-state index in [-0.39, 0.29) is 17.2 Å². The van der Waals surface area contributed by atoms with Crippen LogP contribution in [0.25, 0.3) is 10.2 Å². The molecule has 8 nitrogen and oxygen atoms in total. The van der Waals surface area contributed by atoms with Crippen molar-refractivity contribution in [2.75, 3.05) is 11.1 Å². The molecule has 0 bridgehead atoms. The minimum Gasteiger partial charge on any atom is -0.467 e. The molecule has 0 radical (unpaired) electrons. The Morgan fingerprint density at radius 3 is 2.84 bits per heavy atom. The number of rotatable bonds is 7. The van der Waals surface area contributed by atoms with Crippen LogP contribution in [-0.4, -0.2) is 25.8 Å². The van der Waals surface area contributed by atoms with Gasteiger partial charge in [0.1, 0.15) is 22.3 Å². The van der Waals surface area contributed by atoms with Crippen LogP contribution in [0.4, 0.5) is 5.82 Å². The number of nitrogens with zero attached hydrogens (tertiary/aromatic N) is 4. The molecule has 1 N–H and O–H groups in total. The van der Waals surface area contributed by atoms with Crippen LogP contribution in [0, 0.1) is 25.2 Å². The monoisotopic (exact) mass is 467 g/mol. The highest BCUT2D eigenvalue weighted by molar-refractivity contribution is 7.99. The van der Waals surface area contributed by atoms with Crippen molar-refractivity contribution in [2.45, 2.75) is 39.0 Å². The quantitative estimate of drug-likeness (QED) is 0.323. The van der Waals surface area contributed by atoms with E-state index in [2.05, 4.69) is 16.4 Å². The standard InChI is InChI=1S/C22H21N5O3S2/c1-4-26-21(29)19-17(7-9-31-19)24-22(26)32-12-18(28)25-20-16(10-23)13(2)14(3)27(20)11-15-6-5-8-30-15/h5-9H,4,11-12H2,1-3H3,(H,25,28). The fourth-order valence-electron chi connectivity index (χ4n) is 3.50. The minimum atomic E-state index is -0.285. The molecular formula is C22H21N5O3S2. The number of hydrogen-bond acceptors (Lipinski definition) is 7. The third kappa shape index (κ3) is 3.97. The van der Waals surface area contributed by atoms with Crippen molar-refractivity contribution in [2.24, 2.45) is 0 Å². The number of furan rings is 1. The number of thioether (sulfide) groups is 1. The highest BCUT2D eigenvalue weighted by Crippen LogP contribution is 2.28. The number of carbonyl (C=O) groups is 1. The third-order valence-corrected chi connectivity index (χ3v) is 7.14. The van der Waals surface area contributed by atoms with E-state index < -0.39 is 0 Å². The molecule has 32 heavy (non-hydrogen) atoms. The van der Waals surface area contributed by atoms with E-state index in [0.29, 0.717) is 39.8 Å². The maximum Gasteiger partial charge on any atom is 0.272 e. The molecule has 0 aromatic carbocycles. The first kappa shape index (κ1) is 21.9. The Morgan fingerprint density at radius 1 is 1.34 bits per heavy atom. The first-order chi connectivity index (χ1) is 15.4. The molecule has 1 amide bonds. The van der Waals surface area contributed by atoms with E-state index in [1.54, 1.807) is 23.0 Å². The maximum atomic E-state index is 12.8. The van der Waals surface area contributed by atoms with E-state index in [0.717, 1.165) is 17.0 Å². The molecule has 0 saturated heterocycles. The lowest BCUT2D eigenvalue weighted by atomic mass is 10.2. The van der Waals surface area contributed by atoms with Gasteiger partial charge in [0, 0.05) is 12.2 Å². The Hall–Kier alpha value is -3.29. The molecule has 0 aliphatic rings. The second-order valence-corrected chi connectivity index (χ2v) is 8.99. The molecule has 0 saturated carbocycles. The number of nitrogens with one attached hydrogen (secondary N) is 1. The van der Waals surface area contributed by atoms with Crippen LogP contribution in [0.3, 0.4) is 0 Å². The summed E-state index contributed by atoms with van der Waals surface area (Å²) in [6, 6.07) is 7.64. The molecule has 4 aromatic rings. The number of anilines is 1. The number of fused-ring (bicyclic) bond motifs is 1. The second-order valence-electron chi connectivity index (χ2n) is 7.13. The minimum absolute atomic E-state index is 0.0526. The molecule has 164 valence electrons. The Kier molecular flexibility index (Phi) is 6.21. The van der Waals surface area contributed by atoms with Gasteiger partial charge in [0.2, 0.25) is 5.91 Å².